The Hall–Kier alpha value is -3.59. The van der Waals surface area contributed by atoms with Crippen LogP contribution >= 0.6 is 11.6 Å². The van der Waals surface area contributed by atoms with Crippen LogP contribution in [0.4, 0.5) is 10.3 Å². The monoisotopic (exact) mass is 413 g/mol. The van der Waals surface area contributed by atoms with Gasteiger partial charge in [0.2, 0.25) is 5.95 Å². The van der Waals surface area contributed by atoms with Crippen LogP contribution in [0.2, 0.25) is 5.02 Å². The average Bonchev–Trinajstić information content (AvgIpc) is 3.21. The molecule has 0 saturated carbocycles. The van der Waals surface area contributed by atoms with E-state index in [2.05, 4.69) is 20.8 Å². The molecule has 29 heavy (non-hydrogen) atoms. The van der Waals surface area contributed by atoms with Crippen LogP contribution in [0.5, 0.6) is 0 Å². The van der Waals surface area contributed by atoms with Gasteiger partial charge in [0.05, 0.1) is 12.7 Å². The average molecular weight is 414 g/mol. The minimum absolute atomic E-state index is 0.0518. The number of tetrazole rings is 1. The van der Waals surface area contributed by atoms with Gasteiger partial charge in [0, 0.05) is 16.1 Å². The van der Waals surface area contributed by atoms with Gasteiger partial charge in [-0.3, -0.25) is 4.79 Å². The Bertz CT molecular complexity index is 1140. The van der Waals surface area contributed by atoms with Crippen molar-refractivity contribution in [1.82, 2.24) is 20.2 Å². The van der Waals surface area contributed by atoms with E-state index in [-0.39, 0.29) is 28.3 Å². The van der Waals surface area contributed by atoms with Crippen molar-refractivity contribution in [2.75, 3.05) is 12.4 Å². The van der Waals surface area contributed by atoms with E-state index in [9.17, 15) is 14.0 Å². The number of ether oxygens (including phenoxy) is 1. The molecule has 0 aliphatic carbocycles. The zero-order chi connectivity index (χ0) is 20.5. The summed E-state index contributed by atoms with van der Waals surface area (Å²) in [4.78, 5) is 25.9. The maximum absolute atomic E-state index is 14.7. The van der Waals surface area contributed by atoms with Crippen molar-refractivity contribution in [3.63, 3.8) is 0 Å². The van der Waals surface area contributed by atoms with Crippen molar-refractivity contribution in [1.29, 1.82) is 0 Å². The molecular weight excluding hydrogens is 401 g/mol. The molecule has 0 unspecified atom stereocenters. The molecule has 0 bridgehead atoms. The van der Waals surface area contributed by atoms with Crippen LogP contribution in [0.25, 0.3) is 0 Å². The number of anilines is 1. The van der Waals surface area contributed by atoms with Crippen molar-refractivity contribution in [2.24, 2.45) is 0 Å². The fourth-order valence-electron chi connectivity index (χ4n) is 3.13. The van der Waals surface area contributed by atoms with Gasteiger partial charge < -0.3 is 10.1 Å². The Morgan fingerprint density at radius 2 is 1.90 bits per heavy atom. The van der Waals surface area contributed by atoms with E-state index in [0.717, 1.165) is 0 Å². The van der Waals surface area contributed by atoms with Crippen LogP contribution in [0.1, 0.15) is 22.0 Å². The lowest BCUT2D eigenvalue weighted by atomic mass is 9.89. The second-order valence-electron chi connectivity index (χ2n) is 6.11. The van der Waals surface area contributed by atoms with Gasteiger partial charge in [-0.15, -0.1) is 0 Å². The molecule has 4 rings (SSSR count). The summed E-state index contributed by atoms with van der Waals surface area (Å²) in [6, 6.07) is 10.9. The van der Waals surface area contributed by atoms with Crippen molar-refractivity contribution >= 4 is 29.3 Å². The molecule has 1 aliphatic heterocycles. The van der Waals surface area contributed by atoms with E-state index in [4.69, 9.17) is 16.3 Å². The van der Waals surface area contributed by atoms with Gasteiger partial charge >= 0.3 is 5.97 Å². The number of nitrogens with zero attached hydrogens (tertiary/aromatic N) is 4. The van der Waals surface area contributed by atoms with E-state index in [1.54, 1.807) is 18.2 Å². The number of esters is 1. The summed E-state index contributed by atoms with van der Waals surface area (Å²) in [6.07, 6.45) is 0. The predicted octanol–water partition coefficient (Wildman–Crippen LogP) is 2.79. The lowest BCUT2D eigenvalue weighted by molar-refractivity contribution is -0.136. The van der Waals surface area contributed by atoms with Crippen LogP contribution in [0.3, 0.4) is 0 Å². The first-order valence-corrected chi connectivity index (χ1v) is 8.81. The molecule has 10 heteroatoms. The number of nitrogens with one attached hydrogen (secondary N) is 1. The molecule has 0 radical (unpaired) electrons. The summed E-state index contributed by atoms with van der Waals surface area (Å²) in [6.45, 7) is 0. The number of hydrogen-bond acceptors (Lipinski definition) is 7. The smallest absolute Gasteiger partial charge is 0.355 e. The van der Waals surface area contributed by atoms with E-state index in [0.29, 0.717) is 5.02 Å². The molecule has 0 fully saturated rings. The highest BCUT2D eigenvalue weighted by atomic mass is 35.5. The SMILES string of the molecule is COC(=O)C1=C(C(=O)c2ccc(Cl)cc2)[C@@H](c2ccccc2F)n2nnnc2N1. The Kier molecular flexibility index (Phi) is 4.81. The third kappa shape index (κ3) is 3.25. The van der Waals surface area contributed by atoms with Gasteiger partial charge in [-0.25, -0.2) is 9.18 Å². The highest BCUT2D eigenvalue weighted by Crippen LogP contribution is 2.37. The zero-order valence-electron chi connectivity index (χ0n) is 15.0. The number of hydrogen-bond donors (Lipinski definition) is 1. The first-order chi connectivity index (χ1) is 14.0. The Morgan fingerprint density at radius 3 is 2.59 bits per heavy atom. The molecule has 1 aromatic heterocycles. The molecule has 2 heterocycles. The summed E-state index contributed by atoms with van der Waals surface area (Å²) in [5, 5.41) is 14.4. The third-order valence-electron chi connectivity index (χ3n) is 4.46. The van der Waals surface area contributed by atoms with Gasteiger partial charge in [0.25, 0.3) is 0 Å². The zero-order valence-corrected chi connectivity index (χ0v) is 15.7. The molecule has 0 saturated heterocycles. The number of carbonyl (C=O) groups excluding carboxylic acids is 2. The Balaban J connectivity index is 1.97. The maximum atomic E-state index is 14.7. The molecule has 146 valence electrons. The highest BCUT2D eigenvalue weighted by Gasteiger charge is 2.39. The van der Waals surface area contributed by atoms with E-state index in [1.165, 1.54) is 42.1 Å². The fourth-order valence-corrected chi connectivity index (χ4v) is 3.26. The van der Waals surface area contributed by atoms with Crippen molar-refractivity contribution in [3.05, 3.63) is 81.8 Å². The summed E-state index contributed by atoms with van der Waals surface area (Å²) in [5.74, 6) is -1.83. The van der Waals surface area contributed by atoms with Crippen LogP contribution in [-0.4, -0.2) is 39.1 Å². The van der Waals surface area contributed by atoms with Crippen molar-refractivity contribution in [2.45, 2.75) is 6.04 Å². The second kappa shape index (κ2) is 7.44. The number of Topliss-reactive ketones (excluding diaryl/α,β-unsaturated/α-hetero) is 1. The number of allylic oxidation sites excluding steroid dienone is 1. The predicted molar refractivity (Wildman–Crippen MR) is 101 cm³/mol. The Labute approximate surface area is 168 Å². The molecule has 0 spiro atoms. The van der Waals surface area contributed by atoms with Crippen LogP contribution in [-0.2, 0) is 9.53 Å². The number of rotatable bonds is 4. The second-order valence-corrected chi connectivity index (χ2v) is 6.55. The molecule has 0 amide bonds. The summed E-state index contributed by atoms with van der Waals surface area (Å²) < 4.78 is 20.8. The van der Waals surface area contributed by atoms with Gasteiger partial charge in [-0.1, -0.05) is 34.9 Å². The summed E-state index contributed by atoms with van der Waals surface area (Å²) >= 11 is 5.91. The molecule has 1 atom stereocenters. The number of benzene rings is 2. The molecule has 8 nitrogen and oxygen atoms in total. The summed E-state index contributed by atoms with van der Waals surface area (Å²) in [7, 11) is 1.18. The number of aromatic nitrogens is 4. The van der Waals surface area contributed by atoms with Gasteiger partial charge in [0.1, 0.15) is 17.6 Å². The quantitative estimate of drug-likeness (QED) is 0.518. The highest BCUT2D eigenvalue weighted by molar-refractivity contribution is 6.30. The van der Waals surface area contributed by atoms with Crippen molar-refractivity contribution in [3.8, 4) is 0 Å². The number of fused-ring (bicyclic) bond motifs is 1. The maximum Gasteiger partial charge on any atom is 0.355 e. The van der Waals surface area contributed by atoms with E-state index >= 15 is 0 Å². The number of ketones is 1. The topological polar surface area (TPSA) is 99.0 Å². The van der Waals surface area contributed by atoms with E-state index < -0.39 is 23.6 Å². The standard InChI is InChI=1S/C19H13ClFN5O3/c1-29-18(28)15-14(17(27)10-6-8-11(20)9-7-10)16(12-4-2-3-5-13(12)21)26-19(22-15)23-24-25-26/h2-9,16H,1H3,(H,22,23,25)/t16-/m1/s1. The van der Waals surface area contributed by atoms with Crippen molar-refractivity contribution < 1.29 is 18.7 Å². The number of halogens is 2. The number of methoxy groups -OCH3 is 1. The van der Waals surface area contributed by atoms with E-state index in [1.807, 2.05) is 0 Å². The molecule has 2 aromatic carbocycles. The van der Waals surface area contributed by atoms with Crippen LogP contribution in [0, 0.1) is 5.82 Å². The fraction of sp³-hybridized carbons (Fsp3) is 0.105. The number of carbonyl (C=O) groups is 2. The lowest BCUT2D eigenvalue weighted by Crippen LogP contribution is -2.33. The summed E-state index contributed by atoms with van der Waals surface area (Å²) in [5.41, 5.74) is 0.166. The Morgan fingerprint density at radius 1 is 1.17 bits per heavy atom. The lowest BCUT2D eigenvalue weighted by Gasteiger charge is -2.28. The third-order valence-corrected chi connectivity index (χ3v) is 4.71. The normalized spacial score (nSPS) is 15.5. The minimum Gasteiger partial charge on any atom is -0.464 e. The largest absolute Gasteiger partial charge is 0.464 e. The molecular formula is C19H13ClFN5O3. The van der Waals surface area contributed by atoms with Gasteiger partial charge in [0.15, 0.2) is 5.78 Å². The van der Waals surface area contributed by atoms with Crippen LogP contribution < -0.4 is 5.32 Å². The first kappa shape index (κ1) is 18.8. The van der Waals surface area contributed by atoms with Crippen LogP contribution in [0.15, 0.2) is 59.8 Å². The first-order valence-electron chi connectivity index (χ1n) is 8.43. The molecule has 1 aliphatic rings. The molecule has 1 N–H and O–H groups in total. The molecule has 3 aromatic rings. The van der Waals surface area contributed by atoms with Gasteiger partial charge in [-0.05, 0) is 40.8 Å². The minimum atomic E-state index is -1.08. The van der Waals surface area contributed by atoms with Gasteiger partial charge in [-0.2, -0.15) is 4.68 Å².